The number of hydrogen-bond acceptors (Lipinski definition) is 3. The number of aryl methyl sites for hydroxylation is 1. The van der Waals surface area contributed by atoms with Crippen LogP contribution in [0.15, 0.2) is 29.2 Å². The number of Topliss-reactive ketones (excluding diaryl/α,β-unsaturated/α-hetero) is 1. The van der Waals surface area contributed by atoms with Crippen molar-refractivity contribution in [3.63, 3.8) is 0 Å². The number of nitrogens with one attached hydrogen (secondary N) is 2. The van der Waals surface area contributed by atoms with Gasteiger partial charge in [0.2, 0.25) is 0 Å². The number of carbonyl (C=O) groups excluding carboxylic acids is 1. The van der Waals surface area contributed by atoms with Gasteiger partial charge in [0.1, 0.15) is 0 Å². The zero-order chi connectivity index (χ0) is 18.2. The quantitative estimate of drug-likeness (QED) is 0.759. The average molecular weight is 354 g/mol. The Morgan fingerprint density at radius 2 is 2.04 bits per heavy atom. The molecule has 130 valence electrons. The maximum atomic E-state index is 12.2. The van der Waals surface area contributed by atoms with Crippen molar-refractivity contribution in [1.82, 2.24) is 9.97 Å². The number of carbonyl (C=O) groups is 1. The molecule has 0 unspecified atom stereocenters. The van der Waals surface area contributed by atoms with E-state index in [4.69, 9.17) is 0 Å². The molecule has 0 saturated heterocycles. The predicted octanol–water partition coefficient (Wildman–Crippen LogP) is 2.70. The van der Waals surface area contributed by atoms with Crippen molar-refractivity contribution in [2.75, 3.05) is 0 Å². The predicted molar refractivity (Wildman–Crippen MR) is 104 cm³/mol. The Bertz CT molecular complexity index is 1110. The fourth-order valence-electron chi connectivity index (χ4n) is 2.65. The Morgan fingerprint density at radius 3 is 2.72 bits per heavy atom. The molecule has 0 fully saturated rings. The van der Waals surface area contributed by atoms with Crippen LogP contribution < -0.4 is 14.8 Å². The second-order valence-corrected chi connectivity index (χ2v) is 8.21. The van der Waals surface area contributed by atoms with Gasteiger partial charge >= 0.3 is 0 Å². The molecule has 25 heavy (non-hydrogen) atoms. The van der Waals surface area contributed by atoms with Crippen LogP contribution in [0.5, 0.6) is 0 Å². The first-order chi connectivity index (χ1) is 11.8. The van der Waals surface area contributed by atoms with E-state index < -0.39 is 5.41 Å². The average Bonchev–Trinajstić information content (AvgIpc) is 3.11. The van der Waals surface area contributed by atoms with E-state index in [-0.39, 0.29) is 11.3 Å². The fraction of sp³-hybridized carbons (Fsp3) is 0.300. The van der Waals surface area contributed by atoms with Crippen LogP contribution in [-0.4, -0.2) is 15.8 Å². The number of rotatable bonds is 3. The van der Waals surface area contributed by atoms with Crippen molar-refractivity contribution < 1.29 is 4.79 Å². The smallest absolute Gasteiger partial charge is 0.266 e. The number of fused-ring (bicyclic) bond motifs is 1. The minimum absolute atomic E-state index is 0.00349. The molecule has 0 bridgehead atoms. The molecule has 5 heteroatoms. The van der Waals surface area contributed by atoms with Crippen LogP contribution >= 0.6 is 11.3 Å². The Morgan fingerprint density at radius 1 is 1.28 bits per heavy atom. The van der Waals surface area contributed by atoms with E-state index in [0.717, 1.165) is 22.9 Å². The van der Waals surface area contributed by atoms with Gasteiger partial charge < -0.3 is 9.97 Å². The zero-order valence-electron chi connectivity index (χ0n) is 14.9. The molecule has 0 aliphatic carbocycles. The SMILES string of the molecule is CCc1cccc2c(C=c3sc(=CC(=O)C(C)(C)C)[nH]c3=O)c[nH]c12. The fourth-order valence-corrected chi connectivity index (χ4v) is 3.53. The lowest BCUT2D eigenvalue weighted by Crippen LogP contribution is -2.22. The number of aromatic nitrogens is 2. The van der Waals surface area contributed by atoms with E-state index in [1.54, 1.807) is 0 Å². The molecule has 3 aromatic rings. The first kappa shape index (κ1) is 17.4. The molecule has 2 heterocycles. The normalized spacial score (nSPS) is 13.8. The molecular formula is C20H22N2O2S. The Balaban J connectivity index is 2.11. The lowest BCUT2D eigenvalue weighted by molar-refractivity contribution is -0.119. The Hall–Kier alpha value is -2.40. The summed E-state index contributed by atoms with van der Waals surface area (Å²) in [7, 11) is 0. The molecule has 2 aromatic heterocycles. The van der Waals surface area contributed by atoms with Gasteiger partial charge in [-0.3, -0.25) is 9.59 Å². The third-order valence-corrected chi connectivity index (χ3v) is 5.15. The summed E-state index contributed by atoms with van der Waals surface area (Å²) in [6.07, 6.45) is 6.27. The lowest BCUT2D eigenvalue weighted by atomic mass is 9.91. The number of benzene rings is 1. The number of H-pyrrole nitrogens is 2. The summed E-state index contributed by atoms with van der Waals surface area (Å²) in [5.41, 5.74) is 2.71. The second kappa shape index (κ2) is 6.48. The van der Waals surface area contributed by atoms with E-state index in [1.165, 1.54) is 23.0 Å². The number of thiazole rings is 1. The van der Waals surface area contributed by atoms with Gasteiger partial charge in [0, 0.05) is 34.2 Å². The van der Waals surface area contributed by atoms with Gasteiger partial charge in [0.05, 0.1) is 9.20 Å². The summed E-state index contributed by atoms with van der Waals surface area (Å²) >= 11 is 1.31. The summed E-state index contributed by atoms with van der Waals surface area (Å²) in [5.74, 6) is -0.00349. The minimum Gasteiger partial charge on any atom is -0.360 e. The van der Waals surface area contributed by atoms with Crippen LogP contribution in [0, 0.1) is 5.41 Å². The van der Waals surface area contributed by atoms with Crippen LogP contribution in [0.3, 0.4) is 0 Å². The highest BCUT2D eigenvalue weighted by molar-refractivity contribution is 7.07. The molecule has 0 amide bonds. The van der Waals surface area contributed by atoms with Gasteiger partial charge in [-0.2, -0.15) is 0 Å². The van der Waals surface area contributed by atoms with Crippen LogP contribution in [0.25, 0.3) is 23.1 Å². The summed E-state index contributed by atoms with van der Waals surface area (Å²) in [6.45, 7) is 7.71. The number of ketones is 1. The highest BCUT2D eigenvalue weighted by Crippen LogP contribution is 2.22. The highest BCUT2D eigenvalue weighted by Gasteiger charge is 2.18. The third-order valence-electron chi connectivity index (χ3n) is 4.18. The topological polar surface area (TPSA) is 65.7 Å². The van der Waals surface area contributed by atoms with E-state index >= 15 is 0 Å². The first-order valence-electron chi connectivity index (χ1n) is 8.35. The summed E-state index contributed by atoms with van der Waals surface area (Å²) < 4.78 is 1.18. The molecule has 0 atom stereocenters. The summed E-state index contributed by atoms with van der Waals surface area (Å²) in [4.78, 5) is 30.5. The van der Waals surface area contributed by atoms with Crippen molar-refractivity contribution in [3.8, 4) is 0 Å². The number of aromatic amines is 2. The Kier molecular flexibility index (Phi) is 4.52. The van der Waals surface area contributed by atoms with Gasteiger partial charge in [0.15, 0.2) is 5.78 Å². The molecule has 1 aromatic carbocycles. The Labute approximate surface area is 149 Å². The maximum Gasteiger partial charge on any atom is 0.266 e. The second-order valence-electron chi connectivity index (χ2n) is 7.12. The molecule has 0 spiro atoms. The maximum absolute atomic E-state index is 12.2. The number of hydrogen-bond donors (Lipinski definition) is 2. The van der Waals surface area contributed by atoms with Crippen LogP contribution in [-0.2, 0) is 11.2 Å². The van der Waals surface area contributed by atoms with Crippen LogP contribution in [0.1, 0.15) is 38.8 Å². The molecular weight excluding hydrogens is 332 g/mol. The van der Waals surface area contributed by atoms with Gasteiger partial charge in [-0.05, 0) is 18.1 Å². The lowest BCUT2D eigenvalue weighted by Gasteiger charge is -2.12. The molecule has 0 saturated carbocycles. The monoisotopic (exact) mass is 354 g/mol. The minimum atomic E-state index is -0.460. The van der Waals surface area contributed by atoms with Crippen LogP contribution in [0.4, 0.5) is 0 Å². The molecule has 0 aliphatic heterocycles. The highest BCUT2D eigenvalue weighted by atomic mass is 32.1. The van der Waals surface area contributed by atoms with Crippen molar-refractivity contribution in [2.45, 2.75) is 34.1 Å². The van der Waals surface area contributed by atoms with Gasteiger partial charge in [-0.1, -0.05) is 45.9 Å². The van der Waals surface area contributed by atoms with Gasteiger partial charge in [-0.25, -0.2) is 0 Å². The molecule has 0 aliphatic rings. The van der Waals surface area contributed by atoms with Gasteiger partial charge in [0.25, 0.3) is 5.56 Å². The number of para-hydroxylation sites is 1. The van der Waals surface area contributed by atoms with E-state index in [1.807, 2.05) is 39.1 Å². The van der Waals surface area contributed by atoms with E-state index in [2.05, 4.69) is 29.0 Å². The molecule has 2 N–H and O–H groups in total. The molecule has 0 radical (unpaired) electrons. The summed E-state index contributed by atoms with van der Waals surface area (Å²) in [6, 6.07) is 6.19. The van der Waals surface area contributed by atoms with E-state index in [0.29, 0.717) is 9.20 Å². The van der Waals surface area contributed by atoms with E-state index in [9.17, 15) is 9.59 Å². The zero-order valence-corrected chi connectivity index (χ0v) is 15.7. The molecule has 3 rings (SSSR count). The first-order valence-corrected chi connectivity index (χ1v) is 9.17. The van der Waals surface area contributed by atoms with Crippen molar-refractivity contribution in [1.29, 1.82) is 0 Å². The van der Waals surface area contributed by atoms with Crippen LogP contribution in [0.2, 0.25) is 0 Å². The van der Waals surface area contributed by atoms with Gasteiger partial charge in [-0.15, -0.1) is 11.3 Å². The van der Waals surface area contributed by atoms with Crippen molar-refractivity contribution >= 4 is 40.2 Å². The molecule has 4 nitrogen and oxygen atoms in total. The third kappa shape index (κ3) is 3.51. The summed E-state index contributed by atoms with van der Waals surface area (Å²) in [5, 5.41) is 1.10. The largest absolute Gasteiger partial charge is 0.360 e. The van der Waals surface area contributed by atoms with Crippen molar-refractivity contribution in [3.05, 3.63) is 55.1 Å². The standard InChI is InChI=1S/C20H22N2O2S/c1-5-12-7-6-8-14-13(11-21-18(12)14)9-15-19(24)22-17(25-15)10-16(23)20(2,3)4/h6-11,21H,5H2,1-4H3,(H,22,24). The van der Waals surface area contributed by atoms with Crippen molar-refractivity contribution in [2.24, 2.45) is 5.41 Å².